The number of hydrogen-bond donors (Lipinski definition) is 3. The van der Waals surface area contributed by atoms with Crippen LogP contribution in [-0.2, 0) is 9.53 Å². The summed E-state index contributed by atoms with van der Waals surface area (Å²) < 4.78 is 5.02. The van der Waals surface area contributed by atoms with E-state index in [1.54, 1.807) is 14.2 Å². The van der Waals surface area contributed by atoms with Crippen LogP contribution in [0.2, 0.25) is 0 Å². The Morgan fingerprint density at radius 2 is 1.74 bits per heavy atom. The van der Waals surface area contributed by atoms with Gasteiger partial charge in [-0.1, -0.05) is 48.5 Å². The van der Waals surface area contributed by atoms with Crippen molar-refractivity contribution in [1.29, 1.82) is 0 Å². The van der Waals surface area contributed by atoms with Gasteiger partial charge in [-0.15, -0.1) is 0 Å². The molecule has 1 unspecified atom stereocenters. The number of carbonyl (C=O) groups excluding carboxylic acids is 1. The maximum absolute atomic E-state index is 12.6. The predicted octanol–water partition coefficient (Wildman–Crippen LogP) is 4.37. The summed E-state index contributed by atoms with van der Waals surface area (Å²) in [5.74, 6) is -0.113. The lowest BCUT2D eigenvalue weighted by Gasteiger charge is -2.21. The van der Waals surface area contributed by atoms with E-state index in [1.165, 1.54) is 4.90 Å². The summed E-state index contributed by atoms with van der Waals surface area (Å²) in [7, 11) is 3.28. The van der Waals surface area contributed by atoms with E-state index in [-0.39, 0.29) is 11.8 Å². The second kappa shape index (κ2) is 10.3. The van der Waals surface area contributed by atoms with Crippen LogP contribution in [0.1, 0.15) is 17.5 Å². The fourth-order valence-electron chi connectivity index (χ4n) is 3.85. The largest absolute Gasteiger partial charge is 0.494 e. The minimum atomic E-state index is -0.628. The highest BCUT2D eigenvalue weighted by Gasteiger charge is 2.20. The van der Waals surface area contributed by atoms with Crippen molar-refractivity contribution in [3.8, 4) is 5.88 Å². The summed E-state index contributed by atoms with van der Waals surface area (Å²) in [5.41, 5.74) is 10.4. The molecule has 0 aliphatic heterocycles. The number of aromatic amines is 1. The van der Waals surface area contributed by atoms with E-state index in [0.29, 0.717) is 35.7 Å². The van der Waals surface area contributed by atoms with Gasteiger partial charge in [0.25, 0.3) is 0 Å². The Hall–Kier alpha value is -3.94. The number of nitrogens with zero attached hydrogens (tertiary/aromatic N) is 2. The van der Waals surface area contributed by atoms with Crippen molar-refractivity contribution in [3.05, 3.63) is 90.0 Å². The molecule has 1 atom stereocenters. The van der Waals surface area contributed by atoms with Gasteiger partial charge in [-0.05, 0) is 36.8 Å². The van der Waals surface area contributed by atoms with E-state index in [1.807, 2.05) is 78.9 Å². The van der Waals surface area contributed by atoms with Gasteiger partial charge in [0.15, 0.2) is 5.88 Å². The smallest absolute Gasteiger partial charge is 0.243 e. The number of aliphatic imine (C=N–C) groups is 1. The Morgan fingerprint density at radius 3 is 2.44 bits per heavy atom. The molecule has 0 aliphatic carbocycles. The molecular formula is C27H28N4O3. The lowest BCUT2D eigenvalue weighted by atomic mass is 10.0. The number of rotatable bonds is 8. The van der Waals surface area contributed by atoms with Crippen molar-refractivity contribution in [2.45, 2.75) is 12.5 Å². The zero-order valence-electron chi connectivity index (χ0n) is 19.2. The van der Waals surface area contributed by atoms with Crippen LogP contribution in [0, 0.1) is 0 Å². The number of para-hydroxylation sites is 1. The number of aromatic hydroxyl groups is 1. The quantitative estimate of drug-likeness (QED) is 0.343. The van der Waals surface area contributed by atoms with E-state index in [0.717, 1.165) is 16.5 Å². The Kier molecular flexibility index (Phi) is 7.06. The standard InChI is InChI=1S/C27H28N4O3/c1-31(27(33)22(28)16-17-34-2)20-14-12-19(13-15-20)29-25(18-8-4-3-5-9-18)24-21-10-6-7-11-23(21)30-26(24)32/h3-15,22,30,32H,16-17,28H2,1-2H3. The summed E-state index contributed by atoms with van der Waals surface area (Å²) in [5, 5.41) is 11.6. The molecule has 3 aromatic carbocycles. The average Bonchev–Trinajstić information content (AvgIpc) is 3.21. The number of nitrogens with two attached hydrogens (primary N) is 1. The summed E-state index contributed by atoms with van der Waals surface area (Å²) in [4.78, 5) is 22.1. The number of aromatic nitrogens is 1. The molecule has 174 valence electrons. The van der Waals surface area contributed by atoms with E-state index in [4.69, 9.17) is 15.5 Å². The number of nitrogens with one attached hydrogen (secondary N) is 1. The lowest BCUT2D eigenvalue weighted by molar-refractivity contribution is -0.119. The van der Waals surface area contributed by atoms with Gasteiger partial charge in [0.2, 0.25) is 5.91 Å². The van der Waals surface area contributed by atoms with Gasteiger partial charge in [-0.25, -0.2) is 4.99 Å². The van der Waals surface area contributed by atoms with Gasteiger partial charge in [-0.3, -0.25) is 4.79 Å². The molecular weight excluding hydrogens is 428 g/mol. The van der Waals surface area contributed by atoms with Gasteiger partial charge in [0.1, 0.15) is 0 Å². The first-order valence-electron chi connectivity index (χ1n) is 11.1. The van der Waals surface area contributed by atoms with Crippen LogP contribution >= 0.6 is 0 Å². The van der Waals surface area contributed by atoms with Crippen molar-refractivity contribution in [2.24, 2.45) is 10.7 Å². The summed E-state index contributed by atoms with van der Waals surface area (Å²) in [6.07, 6.45) is 0.455. The normalized spacial score (nSPS) is 12.6. The molecule has 7 nitrogen and oxygen atoms in total. The van der Waals surface area contributed by atoms with E-state index in [2.05, 4.69) is 4.98 Å². The Balaban J connectivity index is 1.69. The van der Waals surface area contributed by atoms with E-state index in [9.17, 15) is 9.90 Å². The summed E-state index contributed by atoms with van der Waals surface area (Å²) >= 11 is 0. The predicted molar refractivity (Wildman–Crippen MR) is 136 cm³/mol. The molecule has 0 fully saturated rings. The van der Waals surface area contributed by atoms with Gasteiger partial charge in [0, 0.05) is 42.9 Å². The number of carbonyl (C=O) groups is 1. The molecule has 1 heterocycles. The second-order valence-electron chi connectivity index (χ2n) is 8.02. The topological polar surface area (TPSA) is 104 Å². The van der Waals surface area contributed by atoms with Gasteiger partial charge in [0.05, 0.1) is 23.0 Å². The minimum absolute atomic E-state index is 0.0656. The van der Waals surface area contributed by atoms with Crippen molar-refractivity contribution in [3.63, 3.8) is 0 Å². The number of anilines is 1. The Labute approximate surface area is 198 Å². The van der Waals surface area contributed by atoms with E-state index >= 15 is 0 Å². The number of benzene rings is 3. The number of ether oxygens (including phenoxy) is 1. The van der Waals surface area contributed by atoms with Crippen LogP contribution in [0.25, 0.3) is 10.9 Å². The minimum Gasteiger partial charge on any atom is -0.494 e. The molecule has 0 radical (unpaired) electrons. The third-order valence-corrected chi connectivity index (χ3v) is 5.73. The number of H-pyrrole nitrogens is 1. The first-order valence-corrected chi connectivity index (χ1v) is 11.1. The monoisotopic (exact) mass is 456 g/mol. The molecule has 0 spiro atoms. The van der Waals surface area contributed by atoms with E-state index < -0.39 is 6.04 Å². The molecule has 4 N–H and O–H groups in total. The fraction of sp³-hybridized carbons (Fsp3) is 0.185. The van der Waals surface area contributed by atoms with Crippen molar-refractivity contribution >= 4 is 33.9 Å². The fourth-order valence-corrected chi connectivity index (χ4v) is 3.85. The van der Waals surface area contributed by atoms with Gasteiger partial charge in [-0.2, -0.15) is 0 Å². The van der Waals surface area contributed by atoms with Crippen LogP contribution < -0.4 is 10.6 Å². The molecule has 4 rings (SSSR count). The first-order chi connectivity index (χ1) is 16.5. The highest BCUT2D eigenvalue weighted by Crippen LogP contribution is 2.31. The molecule has 4 aromatic rings. The SMILES string of the molecule is COCCC(N)C(=O)N(C)c1ccc(N=C(c2ccccc2)c2c(O)[nH]c3ccccc23)cc1. The van der Waals surface area contributed by atoms with Crippen molar-refractivity contribution < 1.29 is 14.6 Å². The molecule has 7 heteroatoms. The van der Waals surface area contributed by atoms with Crippen molar-refractivity contribution in [2.75, 3.05) is 25.7 Å². The summed E-state index contributed by atoms with van der Waals surface area (Å²) in [6, 6.07) is 24.2. The van der Waals surface area contributed by atoms with Crippen LogP contribution in [0.5, 0.6) is 5.88 Å². The molecule has 0 aliphatic rings. The third kappa shape index (κ3) is 4.85. The number of hydrogen-bond acceptors (Lipinski definition) is 5. The molecule has 34 heavy (non-hydrogen) atoms. The maximum Gasteiger partial charge on any atom is 0.243 e. The molecule has 1 aromatic heterocycles. The van der Waals surface area contributed by atoms with Gasteiger partial charge >= 0.3 is 0 Å². The first kappa shape index (κ1) is 23.2. The highest BCUT2D eigenvalue weighted by molar-refractivity contribution is 6.21. The number of amides is 1. The summed E-state index contributed by atoms with van der Waals surface area (Å²) in [6.45, 7) is 0.428. The highest BCUT2D eigenvalue weighted by atomic mass is 16.5. The number of methoxy groups -OCH3 is 1. The lowest BCUT2D eigenvalue weighted by Crippen LogP contribution is -2.42. The number of fused-ring (bicyclic) bond motifs is 1. The average molecular weight is 457 g/mol. The molecule has 0 saturated carbocycles. The van der Waals surface area contributed by atoms with Crippen LogP contribution in [0.15, 0.2) is 83.9 Å². The molecule has 1 amide bonds. The third-order valence-electron chi connectivity index (χ3n) is 5.73. The second-order valence-corrected chi connectivity index (χ2v) is 8.02. The van der Waals surface area contributed by atoms with Crippen molar-refractivity contribution in [1.82, 2.24) is 4.98 Å². The number of likely N-dealkylation sites (N-methyl/N-ethyl adjacent to an activating group) is 1. The van der Waals surface area contributed by atoms with Crippen LogP contribution in [-0.4, -0.2) is 48.5 Å². The molecule has 0 bridgehead atoms. The van der Waals surface area contributed by atoms with Gasteiger partial charge < -0.3 is 25.5 Å². The van der Waals surface area contributed by atoms with Crippen LogP contribution in [0.3, 0.4) is 0 Å². The Bertz CT molecular complexity index is 1300. The maximum atomic E-state index is 12.6. The zero-order valence-corrected chi connectivity index (χ0v) is 19.2. The zero-order chi connectivity index (χ0) is 24.1. The Morgan fingerprint density at radius 1 is 1.06 bits per heavy atom. The molecule has 0 saturated heterocycles. The van der Waals surface area contributed by atoms with Crippen LogP contribution in [0.4, 0.5) is 11.4 Å².